The maximum atomic E-state index is 13.5. The molecule has 1 atom stereocenters. The van der Waals surface area contributed by atoms with Gasteiger partial charge in [-0.25, -0.2) is 4.39 Å². The standard InChI is InChI=1S/C13H14FN/c1-10-7-8-13(15,9-12(10)14)11-5-3-2-4-6-11/h2-8H,9,15H2,1H3/t13-/m1/s1. The molecule has 78 valence electrons. The summed E-state index contributed by atoms with van der Waals surface area (Å²) < 4.78 is 13.5. The molecule has 15 heavy (non-hydrogen) atoms. The maximum absolute atomic E-state index is 13.5. The lowest BCUT2D eigenvalue weighted by Crippen LogP contribution is -2.36. The van der Waals surface area contributed by atoms with Crippen molar-refractivity contribution in [3.8, 4) is 0 Å². The Morgan fingerprint density at radius 3 is 2.53 bits per heavy atom. The molecule has 1 aromatic rings. The van der Waals surface area contributed by atoms with Gasteiger partial charge in [0.05, 0.1) is 5.54 Å². The van der Waals surface area contributed by atoms with E-state index in [-0.39, 0.29) is 12.2 Å². The number of allylic oxidation sites excluding steroid dienone is 2. The van der Waals surface area contributed by atoms with Gasteiger partial charge in [-0.3, -0.25) is 0 Å². The third-order valence-corrected chi connectivity index (χ3v) is 2.82. The molecule has 1 aliphatic rings. The molecule has 0 aromatic heterocycles. The van der Waals surface area contributed by atoms with Crippen molar-refractivity contribution < 1.29 is 4.39 Å². The van der Waals surface area contributed by atoms with Crippen LogP contribution in [0.3, 0.4) is 0 Å². The highest BCUT2D eigenvalue weighted by Gasteiger charge is 2.28. The highest BCUT2D eigenvalue weighted by molar-refractivity contribution is 5.38. The van der Waals surface area contributed by atoms with Gasteiger partial charge in [-0.2, -0.15) is 0 Å². The zero-order valence-corrected chi connectivity index (χ0v) is 8.70. The third-order valence-electron chi connectivity index (χ3n) is 2.82. The van der Waals surface area contributed by atoms with Crippen LogP contribution >= 0.6 is 0 Å². The minimum atomic E-state index is -0.690. The van der Waals surface area contributed by atoms with Gasteiger partial charge in [0.15, 0.2) is 0 Å². The molecular formula is C13H14FN. The quantitative estimate of drug-likeness (QED) is 0.745. The van der Waals surface area contributed by atoms with Crippen LogP contribution in [0.5, 0.6) is 0 Å². The summed E-state index contributed by atoms with van der Waals surface area (Å²) >= 11 is 0. The molecule has 0 saturated carbocycles. The molecule has 1 aliphatic carbocycles. The molecule has 0 amide bonds. The number of hydrogen-bond acceptors (Lipinski definition) is 1. The Hall–Kier alpha value is -1.41. The van der Waals surface area contributed by atoms with Gasteiger partial charge in [-0.15, -0.1) is 0 Å². The molecule has 1 nitrogen and oxygen atoms in total. The van der Waals surface area contributed by atoms with Gasteiger partial charge >= 0.3 is 0 Å². The van der Waals surface area contributed by atoms with Gasteiger partial charge in [0, 0.05) is 6.42 Å². The van der Waals surface area contributed by atoms with Gasteiger partial charge in [0.25, 0.3) is 0 Å². The minimum absolute atomic E-state index is 0.121. The Morgan fingerprint density at radius 1 is 1.27 bits per heavy atom. The molecule has 0 radical (unpaired) electrons. The second-order valence-electron chi connectivity index (χ2n) is 4.00. The van der Waals surface area contributed by atoms with Crippen LogP contribution in [0.2, 0.25) is 0 Å². The number of nitrogens with two attached hydrogens (primary N) is 1. The number of halogens is 1. The highest BCUT2D eigenvalue weighted by Crippen LogP contribution is 2.33. The third kappa shape index (κ3) is 1.85. The van der Waals surface area contributed by atoms with Crippen LogP contribution < -0.4 is 5.73 Å². The molecule has 1 aromatic carbocycles. The van der Waals surface area contributed by atoms with E-state index >= 15 is 0 Å². The van der Waals surface area contributed by atoms with Crippen molar-refractivity contribution in [2.45, 2.75) is 18.9 Å². The number of hydrogen-bond donors (Lipinski definition) is 1. The molecule has 0 aliphatic heterocycles. The zero-order chi connectivity index (χ0) is 10.9. The molecule has 0 unspecified atom stereocenters. The Balaban J connectivity index is 2.36. The Bertz CT molecular complexity index is 419. The average Bonchev–Trinajstić information content (AvgIpc) is 2.26. The molecular weight excluding hydrogens is 189 g/mol. The summed E-state index contributed by atoms with van der Waals surface area (Å²) in [7, 11) is 0. The molecule has 0 spiro atoms. The lowest BCUT2D eigenvalue weighted by molar-refractivity contribution is 0.460. The van der Waals surface area contributed by atoms with Crippen molar-refractivity contribution in [1.82, 2.24) is 0 Å². The van der Waals surface area contributed by atoms with E-state index in [0.29, 0.717) is 5.57 Å². The molecule has 2 N–H and O–H groups in total. The maximum Gasteiger partial charge on any atom is 0.105 e. The molecule has 0 bridgehead atoms. The predicted octanol–water partition coefficient (Wildman–Crippen LogP) is 3.04. The Labute approximate surface area is 89.1 Å². The van der Waals surface area contributed by atoms with Gasteiger partial charge in [-0.1, -0.05) is 42.5 Å². The summed E-state index contributed by atoms with van der Waals surface area (Å²) in [5.74, 6) is -0.121. The van der Waals surface area contributed by atoms with E-state index < -0.39 is 5.54 Å². The van der Waals surface area contributed by atoms with Gasteiger partial charge in [-0.05, 0) is 18.1 Å². The summed E-state index contributed by atoms with van der Waals surface area (Å²) in [5.41, 5.74) is 7.10. The van der Waals surface area contributed by atoms with Crippen molar-refractivity contribution in [3.05, 3.63) is 59.4 Å². The minimum Gasteiger partial charge on any atom is -0.318 e. The smallest absolute Gasteiger partial charge is 0.105 e. The van der Waals surface area contributed by atoms with Crippen LogP contribution in [-0.4, -0.2) is 0 Å². The number of benzene rings is 1. The largest absolute Gasteiger partial charge is 0.318 e. The van der Waals surface area contributed by atoms with Crippen LogP contribution in [0.4, 0.5) is 4.39 Å². The van der Waals surface area contributed by atoms with E-state index in [9.17, 15) is 4.39 Å². The topological polar surface area (TPSA) is 26.0 Å². The van der Waals surface area contributed by atoms with Gasteiger partial charge in [0.1, 0.15) is 5.83 Å². The predicted molar refractivity (Wildman–Crippen MR) is 59.9 cm³/mol. The fraction of sp³-hybridized carbons (Fsp3) is 0.231. The fourth-order valence-corrected chi connectivity index (χ4v) is 1.77. The van der Waals surface area contributed by atoms with E-state index in [2.05, 4.69) is 0 Å². The van der Waals surface area contributed by atoms with Crippen molar-refractivity contribution in [3.63, 3.8) is 0 Å². The second-order valence-corrected chi connectivity index (χ2v) is 4.00. The van der Waals surface area contributed by atoms with Crippen molar-refractivity contribution in [1.29, 1.82) is 0 Å². The van der Waals surface area contributed by atoms with E-state index in [4.69, 9.17) is 5.73 Å². The van der Waals surface area contributed by atoms with E-state index in [1.54, 1.807) is 13.0 Å². The lowest BCUT2D eigenvalue weighted by Gasteiger charge is -2.29. The van der Waals surface area contributed by atoms with Crippen LogP contribution in [0.25, 0.3) is 0 Å². The molecule has 0 fully saturated rings. The highest BCUT2D eigenvalue weighted by atomic mass is 19.1. The first-order chi connectivity index (χ1) is 7.12. The van der Waals surface area contributed by atoms with E-state index in [1.807, 2.05) is 36.4 Å². The average molecular weight is 203 g/mol. The van der Waals surface area contributed by atoms with Gasteiger partial charge in [0.2, 0.25) is 0 Å². The van der Waals surface area contributed by atoms with Crippen molar-refractivity contribution >= 4 is 0 Å². The molecule has 0 heterocycles. The Morgan fingerprint density at radius 2 is 1.93 bits per heavy atom. The summed E-state index contributed by atoms with van der Waals surface area (Å²) in [6, 6.07) is 9.62. The van der Waals surface area contributed by atoms with E-state index in [0.717, 1.165) is 5.56 Å². The molecule has 2 rings (SSSR count). The SMILES string of the molecule is CC1=C(F)C[C@@](N)(c2ccccc2)C=C1. The zero-order valence-electron chi connectivity index (χ0n) is 8.70. The molecule has 2 heteroatoms. The van der Waals surface area contributed by atoms with Crippen LogP contribution in [0, 0.1) is 0 Å². The fourth-order valence-electron chi connectivity index (χ4n) is 1.77. The van der Waals surface area contributed by atoms with Crippen LogP contribution in [-0.2, 0) is 5.54 Å². The monoisotopic (exact) mass is 203 g/mol. The van der Waals surface area contributed by atoms with Crippen LogP contribution in [0.15, 0.2) is 53.9 Å². The van der Waals surface area contributed by atoms with Crippen molar-refractivity contribution in [2.75, 3.05) is 0 Å². The Kier molecular flexibility index (Phi) is 2.45. The summed E-state index contributed by atoms with van der Waals surface area (Å²) in [6.07, 6.45) is 3.88. The number of rotatable bonds is 1. The summed E-state index contributed by atoms with van der Waals surface area (Å²) in [5, 5.41) is 0. The normalized spacial score (nSPS) is 25.8. The first-order valence-electron chi connectivity index (χ1n) is 5.01. The first kappa shape index (κ1) is 10.1. The van der Waals surface area contributed by atoms with Crippen LogP contribution in [0.1, 0.15) is 18.9 Å². The first-order valence-corrected chi connectivity index (χ1v) is 5.01. The summed E-state index contributed by atoms with van der Waals surface area (Å²) in [4.78, 5) is 0. The van der Waals surface area contributed by atoms with Gasteiger partial charge < -0.3 is 5.73 Å². The molecule has 0 saturated heterocycles. The van der Waals surface area contributed by atoms with E-state index in [1.165, 1.54) is 0 Å². The second kappa shape index (κ2) is 3.63. The summed E-state index contributed by atoms with van der Waals surface area (Å²) in [6.45, 7) is 1.76. The van der Waals surface area contributed by atoms with Crippen molar-refractivity contribution in [2.24, 2.45) is 5.73 Å². The lowest BCUT2D eigenvalue weighted by atomic mass is 9.83.